The zero-order valence-corrected chi connectivity index (χ0v) is 21.4. The molecule has 1 amide bonds. The summed E-state index contributed by atoms with van der Waals surface area (Å²) in [7, 11) is 0. The number of Topliss-reactive ketones (excluding diaryl/α,β-unsaturated/α-hetero) is 1. The highest BCUT2D eigenvalue weighted by molar-refractivity contribution is 6.51. The number of nitrogens with zero attached hydrogens (tertiary/aromatic N) is 2. The number of hydrogen-bond acceptors (Lipinski definition) is 5. The van der Waals surface area contributed by atoms with Crippen LogP contribution in [0.1, 0.15) is 62.4 Å². The second kappa shape index (κ2) is 9.97. The molecule has 1 fully saturated rings. The number of ketones is 1. The number of aliphatic hydroxyl groups excluding tert-OH is 1. The van der Waals surface area contributed by atoms with Crippen LogP contribution in [0, 0.1) is 6.92 Å². The summed E-state index contributed by atoms with van der Waals surface area (Å²) in [6.07, 6.45) is 2.46. The minimum absolute atomic E-state index is 0.0378. The van der Waals surface area contributed by atoms with Crippen molar-refractivity contribution in [2.45, 2.75) is 52.5 Å². The lowest BCUT2D eigenvalue weighted by Gasteiger charge is -2.26. The molecule has 36 heavy (non-hydrogen) atoms. The monoisotopic (exact) mass is 484 g/mol. The first-order valence-electron chi connectivity index (χ1n) is 12.2. The van der Waals surface area contributed by atoms with E-state index >= 15 is 0 Å². The number of aryl methyl sites for hydroxylation is 1. The molecule has 1 saturated heterocycles. The Morgan fingerprint density at radius 3 is 2.36 bits per heavy atom. The predicted molar refractivity (Wildman–Crippen MR) is 141 cm³/mol. The first kappa shape index (κ1) is 25.2. The molecular formula is C30H32N2O4. The van der Waals surface area contributed by atoms with Gasteiger partial charge in [-0.1, -0.05) is 58.0 Å². The molecular weight excluding hydrogens is 452 g/mol. The number of pyridine rings is 1. The maximum atomic E-state index is 13.3. The first-order valence-corrected chi connectivity index (χ1v) is 12.2. The minimum Gasteiger partial charge on any atom is -0.507 e. The zero-order valence-electron chi connectivity index (χ0n) is 21.4. The molecule has 2 aromatic carbocycles. The average Bonchev–Trinajstić information content (AvgIpc) is 3.13. The molecule has 0 unspecified atom stereocenters. The maximum absolute atomic E-state index is 13.3. The van der Waals surface area contributed by atoms with E-state index in [-0.39, 0.29) is 16.7 Å². The Morgan fingerprint density at radius 2 is 1.78 bits per heavy atom. The third-order valence-corrected chi connectivity index (χ3v) is 6.34. The van der Waals surface area contributed by atoms with Crippen LogP contribution < -0.4 is 9.64 Å². The van der Waals surface area contributed by atoms with Crippen LogP contribution in [0.4, 0.5) is 5.82 Å². The van der Waals surface area contributed by atoms with Crippen molar-refractivity contribution in [2.24, 2.45) is 0 Å². The van der Waals surface area contributed by atoms with Crippen LogP contribution in [-0.4, -0.2) is 28.4 Å². The van der Waals surface area contributed by atoms with Gasteiger partial charge >= 0.3 is 5.91 Å². The van der Waals surface area contributed by atoms with Crippen molar-refractivity contribution in [1.82, 2.24) is 4.98 Å². The highest BCUT2D eigenvalue weighted by Crippen LogP contribution is 2.42. The van der Waals surface area contributed by atoms with Crippen molar-refractivity contribution < 1.29 is 19.4 Å². The topological polar surface area (TPSA) is 79.7 Å². The quantitative estimate of drug-likeness (QED) is 0.260. The Labute approximate surface area is 212 Å². The van der Waals surface area contributed by atoms with Gasteiger partial charge in [-0.15, -0.1) is 0 Å². The molecule has 1 atom stereocenters. The summed E-state index contributed by atoms with van der Waals surface area (Å²) >= 11 is 0. The van der Waals surface area contributed by atoms with Crippen molar-refractivity contribution in [3.05, 3.63) is 94.7 Å². The summed E-state index contributed by atoms with van der Waals surface area (Å²) in [5.41, 5.74) is 3.11. The molecule has 0 radical (unpaired) electrons. The van der Waals surface area contributed by atoms with Gasteiger partial charge in [-0.2, -0.15) is 0 Å². The SMILES string of the molecule is CCCOc1ccc(C(O)=C2C(=O)C(=O)N(c3ccccn3)[C@@H]2c2ccc(C(C)(C)C)cc2)cc1C. The van der Waals surface area contributed by atoms with E-state index in [1.807, 2.05) is 38.1 Å². The molecule has 1 aromatic heterocycles. The fourth-order valence-electron chi connectivity index (χ4n) is 4.37. The van der Waals surface area contributed by atoms with E-state index in [4.69, 9.17) is 4.74 Å². The third kappa shape index (κ3) is 4.76. The molecule has 2 heterocycles. The Kier molecular flexibility index (Phi) is 6.97. The second-order valence-electron chi connectivity index (χ2n) is 10.1. The van der Waals surface area contributed by atoms with E-state index in [2.05, 4.69) is 25.8 Å². The molecule has 0 saturated carbocycles. The van der Waals surface area contributed by atoms with Gasteiger partial charge in [0.2, 0.25) is 0 Å². The summed E-state index contributed by atoms with van der Waals surface area (Å²) in [5.74, 6) is -0.617. The van der Waals surface area contributed by atoms with Gasteiger partial charge in [0.25, 0.3) is 5.78 Å². The van der Waals surface area contributed by atoms with Crippen LogP contribution in [0.3, 0.4) is 0 Å². The Morgan fingerprint density at radius 1 is 1.06 bits per heavy atom. The summed E-state index contributed by atoms with van der Waals surface area (Å²) in [5, 5.41) is 11.4. The smallest absolute Gasteiger partial charge is 0.301 e. The van der Waals surface area contributed by atoms with Gasteiger partial charge in [0.15, 0.2) is 0 Å². The predicted octanol–water partition coefficient (Wildman–Crippen LogP) is 6.10. The van der Waals surface area contributed by atoms with Gasteiger partial charge in [0, 0.05) is 11.8 Å². The third-order valence-electron chi connectivity index (χ3n) is 6.34. The molecule has 4 rings (SSSR count). The molecule has 186 valence electrons. The number of anilines is 1. The molecule has 0 spiro atoms. The molecule has 0 aliphatic carbocycles. The number of aliphatic hydroxyl groups is 1. The number of aromatic nitrogens is 1. The standard InChI is InChI=1S/C30H32N2O4/c1-6-17-36-23-15-12-21(18-19(23)2)27(33)25-26(20-10-13-22(14-11-20)30(3,4)5)32(29(35)28(25)34)24-9-7-8-16-31-24/h7-16,18,26,33H,6,17H2,1-5H3/t26-/m1/s1. The van der Waals surface area contributed by atoms with Crippen molar-refractivity contribution >= 4 is 23.3 Å². The number of rotatable bonds is 6. The van der Waals surface area contributed by atoms with Crippen molar-refractivity contribution in [3.8, 4) is 5.75 Å². The second-order valence-corrected chi connectivity index (χ2v) is 10.1. The van der Waals surface area contributed by atoms with Crippen molar-refractivity contribution in [3.63, 3.8) is 0 Å². The van der Waals surface area contributed by atoms with Gasteiger partial charge in [-0.3, -0.25) is 14.5 Å². The van der Waals surface area contributed by atoms with Crippen molar-refractivity contribution in [1.29, 1.82) is 0 Å². The highest BCUT2D eigenvalue weighted by Gasteiger charge is 2.47. The van der Waals surface area contributed by atoms with Crippen LogP contribution in [0.25, 0.3) is 5.76 Å². The van der Waals surface area contributed by atoms with Crippen LogP contribution in [-0.2, 0) is 15.0 Å². The van der Waals surface area contributed by atoms with Crippen LogP contribution >= 0.6 is 0 Å². The van der Waals surface area contributed by atoms with E-state index in [0.717, 1.165) is 23.3 Å². The Balaban J connectivity index is 1.87. The van der Waals surface area contributed by atoms with Crippen LogP contribution in [0.15, 0.2) is 72.4 Å². The number of amides is 1. The summed E-state index contributed by atoms with van der Waals surface area (Å²) in [6, 6.07) is 17.5. The lowest BCUT2D eigenvalue weighted by atomic mass is 9.85. The largest absolute Gasteiger partial charge is 0.507 e. The van der Waals surface area contributed by atoms with E-state index in [9.17, 15) is 14.7 Å². The number of carbonyl (C=O) groups is 2. The van der Waals surface area contributed by atoms with Gasteiger partial charge in [-0.25, -0.2) is 4.98 Å². The van der Waals surface area contributed by atoms with Gasteiger partial charge in [-0.05, 0) is 65.8 Å². The maximum Gasteiger partial charge on any atom is 0.301 e. The van der Waals surface area contributed by atoms with E-state index in [1.54, 1.807) is 42.6 Å². The molecule has 1 N–H and O–H groups in total. The number of ether oxygens (including phenoxy) is 1. The van der Waals surface area contributed by atoms with E-state index in [0.29, 0.717) is 23.6 Å². The molecule has 6 heteroatoms. The number of carbonyl (C=O) groups excluding carboxylic acids is 2. The molecule has 3 aromatic rings. The summed E-state index contributed by atoms with van der Waals surface area (Å²) < 4.78 is 5.75. The molecule has 0 bridgehead atoms. The number of hydrogen-bond donors (Lipinski definition) is 1. The van der Waals surface area contributed by atoms with E-state index in [1.165, 1.54) is 4.90 Å². The van der Waals surface area contributed by atoms with Gasteiger partial charge < -0.3 is 9.84 Å². The van der Waals surface area contributed by atoms with Gasteiger partial charge in [0.1, 0.15) is 17.3 Å². The average molecular weight is 485 g/mol. The van der Waals surface area contributed by atoms with Crippen LogP contribution in [0.2, 0.25) is 0 Å². The Bertz CT molecular complexity index is 1310. The van der Waals surface area contributed by atoms with Crippen molar-refractivity contribution in [2.75, 3.05) is 11.5 Å². The zero-order chi connectivity index (χ0) is 26.0. The lowest BCUT2D eigenvalue weighted by molar-refractivity contribution is -0.132. The molecule has 6 nitrogen and oxygen atoms in total. The Hall–Kier alpha value is -3.93. The fraction of sp³-hybridized carbons (Fsp3) is 0.300. The minimum atomic E-state index is -0.815. The molecule has 1 aliphatic rings. The molecule has 1 aliphatic heterocycles. The summed E-state index contributed by atoms with van der Waals surface area (Å²) in [4.78, 5) is 32.3. The highest BCUT2D eigenvalue weighted by atomic mass is 16.5. The fourth-order valence-corrected chi connectivity index (χ4v) is 4.37. The lowest BCUT2D eigenvalue weighted by Crippen LogP contribution is -2.30. The van der Waals surface area contributed by atoms with Gasteiger partial charge in [0.05, 0.1) is 18.2 Å². The normalized spacial score (nSPS) is 17.5. The first-order chi connectivity index (χ1) is 17.1. The summed E-state index contributed by atoms with van der Waals surface area (Å²) in [6.45, 7) is 10.9. The van der Waals surface area contributed by atoms with E-state index < -0.39 is 17.7 Å². The van der Waals surface area contributed by atoms with Crippen LogP contribution in [0.5, 0.6) is 5.75 Å². The number of benzene rings is 2.